The molecule has 4 rings (SSSR count). The predicted octanol–water partition coefficient (Wildman–Crippen LogP) is 4.07. The lowest BCUT2D eigenvalue weighted by Gasteiger charge is -2.10. The van der Waals surface area contributed by atoms with Gasteiger partial charge in [0.05, 0.1) is 16.3 Å². The standard InChI is InChI=1S/C17H12O2S2/c18-16-10-5-1-3-7-12(10)20-14(16)9-15-17(19)11-6-2-4-8-13(11)21-15/h1-9,14,16,18H/b15-9-. The first-order chi connectivity index (χ1) is 10.2. The van der Waals surface area contributed by atoms with E-state index in [1.807, 2.05) is 54.6 Å². The molecule has 0 fully saturated rings. The summed E-state index contributed by atoms with van der Waals surface area (Å²) in [6, 6.07) is 15.5. The van der Waals surface area contributed by atoms with Crippen LogP contribution in [0.25, 0.3) is 0 Å². The fourth-order valence-corrected chi connectivity index (χ4v) is 5.06. The Morgan fingerprint density at radius 3 is 2.48 bits per heavy atom. The highest BCUT2D eigenvalue weighted by Gasteiger charge is 2.33. The van der Waals surface area contributed by atoms with Crippen LogP contribution in [0.4, 0.5) is 0 Å². The lowest BCUT2D eigenvalue weighted by Crippen LogP contribution is -2.08. The molecule has 2 aromatic rings. The van der Waals surface area contributed by atoms with E-state index < -0.39 is 6.10 Å². The summed E-state index contributed by atoms with van der Waals surface area (Å²) in [5, 5.41) is 10.3. The number of fused-ring (bicyclic) bond motifs is 2. The van der Waals surface area contributed by atoms with Gasteiger partial charge < -0.3 is 5.11 Å². The number of benzene rings is 2. The minimum atomic E-state index is -0.546. The van der Waals surface area contributed by atoms with Crippen molar-refractivity contribution in [1.29, 1.82) is 0 Å². The maximum Gasteiger partial charge on any atom is 0.200 e. The normalized spacial score (nSPS) is 25.2. The molecule has 0 saturated heterocycles. The second kappa shape index (κ2) is 5.05. The Balaban J connectivity index is 1.65. The quantitative estimate of drug-likeness (QED) is 0.806. The number of carbonyl (C=O) groups is 1. The Hall–Kier alpha value is -1.49. The third kappa shape index (κ3) is 2.14. The van der Waals surface area contributed by atoms with Crippen molar-refractivity contribution in [1.82, 2.24) is 0 Å². The van der Waals surface area contributed by atoms with E-state index in [1.165, 1.54) is 11.8 Å². The highest BCUT2D eigenvalue weighted by Crippen LogP contribution is 2.47. The summed E-state index contributed by atoms with van der Waals surface area (Å²) in [4.78, 5) is 15.2. The highest BCUT2D eigenvalue weighted by molar-refractivity contribution is 8.05. The van der Waals surface area contributed by atoms with Crippen LogP contribution in [0.1, 0.15) is 22.0 Å². The Morgan fingerprint density at radius 1 is 1.00 bits per heavy atom. The second-order valence-corrected chi connectivity index (χ2v) is 7.33. The molecule has 2 atom stereocenters. The minimum absolute atomic E-state index is 0.0688. The monoisotopic (exact) mass is 312 g/mol. The van der Waals surface area contributed by atoms with Crippen molar-refractivity contribution in [3.63, 3.8) is 0 Å². The lowest BCUT2D eigenvalue weighted by atomic mass is 10.1. The number of aliphatic hydroxyl groups is 1. The molecule has 2 heterocycles. The first kappa shape index (κ1) is 13.2. The van der Waals surface area contributed by atoms with E-state index in [0.29, 0.717) is 0 Å². The first-order valence-corrected chi connectivity index (χ1v) is 8.41. The summed E-state index contributed by atoms with van der Waals surface area (Å²) in [5.41, 5.74) is 1.72. The number of rotatable bonds is 1. The van der Waals surface area contributed by atoms with Crippen molar-refractivity contribution < 1.29 is 9.90 Å². The zero-order valence-electron chi connectivity index (χ0n) is 11.0. The van der Waals surface area contributed by atoms with Gasteiger partial charge in [-0.1, -0.05) is 48.2 Å². The third-order valence-corrected chi connectivity index (χ3v) is 6.11. The Kier molecular flexibility index (Phi) is 3.17. The SMILES string of the molecule is O=C1/C(=C/C2Sc3ccccc3C2O)Sc2ccccc21. The van der Waals surface area contributed by atoms with Crippen LogP contribution in [-0.2, 0) is 0 Å². The van der Waals surface area contributed by atoms with E-state index in [-0.39, 0.29) is 11.0 Å². The maximum absolute atomic E-state index is 12.4. The zero-order valence-corrected chi connectivity index (χ0v) is 12.7. The molecule has 0 aliphatic carbocycles. The van der Waals surface area contributed by atoms with Crippen molar-refractivity contribution in [3.05, 3.63) is 70.6 Å². The van der Waals surface area contributed by atoms with Gasteiger partial charge in [-0.15, -0.1) is 11.8 Å². The van der Waals surface area contributed by atoms with Gasteiger partial charge in [0.15, 0.2) is 0 Å². The van der Waals surface area contributed by atoms with Crippen LogP contribution in [0.2, 0.25) is 0 Å². The topological polar surface area (TPSA) is 37.3 Å². The molecule has 0 radical (unpaired) electrons. The summed E-state index contributed by atoms with van der Waals surface area (Å²) >= 11 is 3.12. The van der Waals surface area contributed by atoms with Gasteiger partial charge in [0.1, 0.15) is 0 Å². The van der Waals surface area contributed by atoms with Crippen LogP contribution in [0.5, 0.6) is 0 Å². The van der Waals surface area contributed by atoms with E-state index in [1.54, 1.807) is 11.8 Å². The van der Waals surface area contributed by atoms with Crippen LogP contribution >= 0.6 is 23.5 Å². The molecule has 21 heavy (non-hydrogen) atoms. The first-order valence-electron chi connectivity index (χ1n) is 6.71. The van der Waals surface area contributed by atoms with Gasteiger partial charge in [-0.25, -0.2) is 0 Å². The molecule has 2 aromatic carbocycles. The van der Waals surface area contributed by atoms with Gasteiger partial charge in [0.2, 0.25) is 5.78 Å². The lowest BCUT2D eigenvalue weighted by molar-refractivity contribution is 0.104. The van der Waals surface area contributed by atoms with E-state index in [9.17, 15) is 9.90 Å². The van der Waals surface area contributed by atoms with Crippen LogP contribution in [0.15, 0.2) is 69.3 Å². The van der Waals surface area contributed by atoms with Crippen molar-refractivity contribution in [2.45, 2.75) is 21.1 Å². The van der Waals surface area contributed by atoms with Crippen LogP contribution in [0, 0.1) is 0 Å². The Bertz CT molecular complexity index is 767. The van der Waals surface area contributed by atoms with Crippen LogP contribution in [-0.4, -0.2) is 16.1 Å². The molecule has 4 heteroatoms. The van der Waals surface area contributed by atoms with Crippen molar-refractivity contribution in [2.24, 2.45) is 0 Å². The van der Waals surface area contributed by atoms with Gasteiger partial charge in [-0.05, 0) is 23.8 Å². The molecule has 104 valence electrons. The number of allylic oxidation sites excluding steroid dienone is 1. The fourth-order valence-electron chi connectivity index (χ4n) is 2.65. The van der Waals surface area contributed by atoms with Gasteiger partial charge in [0.25, 0.3) is 0 Å². The molecule has 2 unspecified atom stereocenters. The summed E-state index contributed by atoms with van der Waals surface area (Å²) < 4.78 is 0. The minimum Gasteiger partial charge on any atom is -0.387 e. The van der Waals surface area contributed by atoms with Crippen molar-refractivity contribution in [3.8, 4) is 0 Å². The fraction of sp³-hybridized carbons (Fsp3) is 0.118. The van der Waals surface area contributed by atoms with Crippen molar-refractivity contribution >= 4 is 29.3 Å². The van der Waals surface area contributed by atoms with Crippen LogP contribution < -0.4 is 0 Å². The number of Topliss-reactive ketones (excluding diaryl/α,β-unsaturated/α-hetero) is 1. The summed E-state index contributed by atoms with van der Waals surface area (Å²) in [5.74, 6) is 0.0688. The number of hydrogen-bond acceptors (Lipinski definition) is 4. The van der Waals surface area contributed by atoms with Gasteiger partial charge in [0, 0.05) is 15.4 Å². The number of hydrogen-bond donors (Lipinski definition) is 1. The number of carbonyl (C=O) groups excluding carboxylic acids is 1. The largest absolute Gasteiger partial charge is 0.387 e. The average Bonchev–Trinajstić information content (AvgIpc) is 2.99. The second-order valence-electron chi connectivity index (χ2n) is 5.02. The Labute approximate surface area is 131 Å². The Morgan fingerprint density at radius 2 is 1.71 bits per heavy atom. The summed E-state index contributed by atoms with van der Waals surface area (Å²) in [6.45, 7) is 0. The average molecular weight is 312 g/mol. The predicted molar refractivity (Wildman–Crippen MR) is 85.8 cm³/mol. The molecular formula is C17H12O2S2. The molecule has 0 bridgehead atoms. The molecule has 0 aromatic heterocycles. The maximum atomic E-state index is 12.4. The molecule has 1 N–H and O–H groups in total. The molecule has 0 spiro atoms. The van der Waals surface area contributed by atoms with Gasteiger partial charge in [-0.3, -0.25) is 4.79 Å². The summed E-state index contributed by atoms with van der Waals surface area (Å²) in [7, 11) is 0. The zero-order chi connectivity index (χ0) is 14.4. The smallest absolute Gasteiger partial charge is 0.200 e. The number of ketones is 1. The molecule has 0 saturated carbocycles. The highest BCUT2D eigenvalue weighted by atomic mass is 32.2. The van der Waals surface area contributed by atoms with Gasteiger partial charge >= 0.3 is 0 Å². The van der Waals surface area contributed by atoms with E-state index >= 15 is 0 Å². The van der Waals surface area contributed by atoms with E-state index in [0.717, 1.165) is 25.8 Å². The van der Waals surface area contributed by atoms with Crippen molar-refractivity contribution in [2.75, 3.05) is 0 Å². The van der Waals surface area contributed by atoms with E-state index in [2.05, 4.69) is 0 Å². The molecule has 2 nitrogen and oxygen atoms in total. The van der Waals surface area contributed by atoms with E-state index in [4.69, 9.17) is 0 Å². The number of thioether (sulfide) groups is 2. The number of aliphatic hydroxyl groups excluding tert-OH is 1. The molecular weight excluding hydrogens is 300 g/mol. The molecule has 0 amide bonds. The third-order valence-electron chi connectivity index (χ3n) is 3.70. The van der Waals surface area contributed by atoms with Crippen LogP contribution in [0.3, 0.4) is 0 Å². The summed E-state index contributed by atoms with van der Waals surface area (Å²) in [6.07, 6.45) is 1.37. The molecule has 2 aliphatic rings. The molecule has 2 aliphatic heterocycles. The van der Waals surface area contributed by atoms with Gasteiger partial charge in [-0.2, -0.15) is 0 Å².